The predicted molar refractivity (Wildman–Crippen MR) is 77.8 cm³/mol. The van der Waals surface area contributed by atoms with Crippen molar-refractivity contribution >= 4 is 5.95 Å². The summed E-state index contributed by atoms with van der Waals surface area (Å²) in [5.74, 6) is 0.243. The molecule has 2 rings (SSSR count). The molecule has 0 spiro atoms. The summed E-state index contributed by atoms with van der Waals surface area (Å²) in [6.45, 7) is 2.50. The molecule has 0 aliphatic rings. The third-order valence-corrected chi connectivity index (χ3v) is 2.80. The van der Waals surface area contributed by atoms with Crippen LogP contribution in [-0.4, -0.2) is 9.55 Å². The number of rotatable bonds is 4. The number of benzene rings is 1. The summed E-state index contributed by atoms with van der Waals surface area (Å²) in [4.78, 5) is 16.3. The summed E-state index contributed by atoms with van der Waals surface area (Å²) in [5, 5.41) is 0. The zero-order valence-corrected chi connectivity index (χ0v) is 10.9. The van der Waals surface area contributed by atoms with Gasteiger partial charge in [0.05, 0.1) is 5.69 Å². The Morgan fingerprint density at radius 3 is 2.63 bits per heavy atom. The van der Waals surface area contributed by atoms with Crippen LogP contribution in [0.1, 0.15) is 13.3 Å². The van der Waals surface area contributed by atoms with E-state index in [0.717, 1.165) is 12.0 Å². The van der Waals surface area contributed by atoms with Crippen molar-refractivity contribution in [3.63, 3.8) is 0 Å². The van der Waals surface area contributed by atoms with Gasteiger partial charge in [-0.25, -0.2) is 4.98 Å². The Kier molecular flexibility index (Phi) is 4.13. The first-order chi connectivity index (χ1) is 9.22. The summed E-state index contributed by atoms with van der Waals surface area (Å²) in [6.07, 6.45) is 4.85. The minimum absolute atomic E-state index is 0.132. The average molecular weight is 255 g/mol. The summed E-state index contributed by atoms with van der Waals surface area (Å²) in [6, 6.07) is 11.1. The fourth-order valence-corrected chi connectivity index (χ4v) is 1.81. The average Bonchev–Trinajstić information content (AvgIpc) is 2.43. The van der Waals surface area contributed by atoms with Crippen molar-refractivity contribution in [1.82, 2.24) is 9.55 Å². The Morgan fingerprint density at radius 2 is 2.00 bits per heavy atom. The normalized spacial score (nSPS) is 11.0. The van der Waals surface area contributed by atoms with Crippen LogP contribution in [0.15, 0.2) is 53.3 Å². The molecule has 4 heteroatoms. The number of hydrogen-bond donors (Lipinski definition) is 1. The van der Waals surface area contributed by atoms with Crippen LogP contribution >= 0.6 is 0 Å². The van der Waals surface area contributed by atoms with E-state index in [1.165, 1.54) is 10.6 Å². The fourth-order valence-electron chi connectivity index (χ4n) is 1.81. The number of nitrogens with zero attached hydrogens (tertiary/aromatic N) is 2. The number of nitrogens with two attached hydrogens (primary N) is 1. The van der Waals surface area contributed by atoms with Crippen LogP contribution in [0.2, 0.25) is 0 Å². The molecule has 0 saturated carbocycles. The monoisotopic (exact) mass is 255 g/mol. The molecular weight excluding hydrogens is 238 g/mol. The molecule has 0 atom stereocenters. The van der Waals surface area contributed by atoms with Crippen molar-refractivity contribution in [1.29, 1.82) is 0 Å². The maximum Gasteiger partial charge on any atom is 0.255 e. The summed E-state index contributed by atoms with van der Waals surface area (Å²) in [5.41, 5.74) is 7.23. The molecule has 2 N–H and O–H groups in total. The molecule has 98 valence electrons. The second-order valence-corrected chi connectivity index (χ2v) is 4.19. The minimum atomic E-state index is -0.132. The van der Waals surface area contributed by atoms with Crippen LogP contribution in [0.25, 0.3) is 11.3 Å². The van der Waals surface area contributed by atoms with E-state index in [-0.39, 0.29) is 11.5 Å². The topological polar surface area (TPSA) is 60.9 Å². The quantitative estimate of drug-likeness (QED) is 0.854. The molecule has 4 nitrogen and oxygen atoms in total. The lowest BCUT2D eigenvalue weighted by molar-refractivity contribution is 0.769. The summed E-state index contributed by atoms with van der Waals surface area (Å²) < 4.78 is 1.46. The molecule has 0 unspecified atom stereocenters. The highest BCUT2D eigenvalue weighted by molar-refractivity contribution is 5.59. The molecule has 0 bridgehead atoms. The number of anilines is 1. The summed E-state index contributed by atoms with van der Waals surface area (Å²) in [7, 11) is 0. The zero-order chi connectivity index (χ0) is 13.7. The van der Waals surface area contributed by atoms with Gasteiger partial charge in [-0.3, -0.25) is 9.36 Å². The van der Waals surface area contributed by atoms with Gasteiger partial charge in [0.1, 0.15) is 0 Å². The molecule has 0 aliphatic heterocycles. The molecule has 0 saturated heterocycles. The van der Waals surface area contributed by atoms with E-state index in [0.29, 0.717) is 12.2 Å². The van der Waals surface area contributed by atoms with Crippen LogP contribution in [0.4, 0.5) is 5.95 Å². The van der Waals surface area contributed by atoms with Crippen LogP contribution in [-0.2, 0) is 6.54 Å². The molecular formula is C15H17N3O. The molecule has 1 heterocycles. The first-order valence-electron chi connectivity index (χ1n) is 6.30. The zero-order valence-electron chi connectivity index (χ0n) is 10.9. The molecule has 0 aliphatic carbocycles. The second-order valence-electron chi connectivity index (χ2n) is 4.19. The van der Waals surface area contributed by atoms with Crippen molar-refractivity contribution in [2.24, 2.45) is 0 Å². The van der Waals surface area contributed by atoms with Gasteiger partial charge in [-0.05, 0) is 6.42 Å². The SMILES string of the molecule is CCC=CCn1c(N)nc(-c2ccccc2)cc1=O. The first-order valence-corrected chi connectivity index (χ1v) is 6.30. The third kappa shape index (κ3) is 3.10. The van der Waals surface area contributed by atoms with Gasteiger partial charge in [0.25, 0.3) is 5.56 Å². The van der Waals surface area contributed by atoms with Crippen LogP contribution < -0.4 is 11.3 Å². The molecule has 0 radical (unpaired) electrons. The van der Waals surface area contributed by atoms with E-state index in [9.17, 15) is 4.79 Å². The highest BCUT2D eigenvalue weighted by atomic mass is 16.1. The Hall–Kier alpha value is -2.36. The Balaban J connectivity index is 2.37. The van der Waals surface area contributed by atoms with Gasteiger partial charge in [0, 0.05) is 18.2 Å². The van der Waals surface area contributed by atoms with E-state index in [2.05, 4.69) is 4.98 Å². The van der Waals surface area contributed by atoms with Crippen LogP contribution in [0.3, 0.4) is 0 Å². The lowest BCUT2D eigenvalue weighted by atomic mass is 10.1. The second kappa shape index (κ2) is 6.00. The first kappa shape index (κ1) is 13.1. The van der Waals surface area contributed by atoms with Gasteiger partial charge in [-0.15, -0.1) is 0 Å². The highest BCUT2D eigenvalue weighted by Crippen LogP contribution is 2.15. The summed E-state index contributed by atoms with van der Waals surface area (Å²) >= 11 is 0. The van der Waals surface area contributed by atoms with E-state index in [1.807, 2.05) is 49.4 Å². The van der Waals surface area contributed by atoms with Gasteiger partial charge in [-0.2, -0.15) is 0 Å². The Bertz CT molecular complexity index is 630. The molecule has 1 aromatic carbocycles. The maximum atomic E-state index is 12.0. The van der Waals surface area contributed by atoms with E-state index >= 15 is 0 Å². The molecule has 19 heavy (non-hydrogen) atoms. The largest absolute Gasteiger partial charge is 0.369 e. The van der Waals surface area contributed by atoms with E-state index < -0.39 is 0 Å². The molecule has 1 aromatic heterocycles. The molecule has 2 aromatic rings. The van der Waals surface area contributed by atoms with Crippen molar-refractivity contribution in [3.8, 4) is 11.3 Å². The van der Waals surface area contributed by atoms with Gasteiger partial charge < -0.3 is 5.73 Å². The maximum absolute atomic E-state index is 12.0. The van der Waals surface area contributed by atoms with Crippen molar-refractivity contribution < 1.29 is 0 Å². The lowest BCUT2D eigenvalue weighted by Gasteiger charge is -2.08. The smallest absolute Gasteiger partial charge is 0.255 e. The molecule has 0 fully saturated rings. The lowest BCUT2D eigenvalue weighted by Crippen LogP contribution is -2.23. The van der Waals surface area contributed by atoms with Gasteiger partial charge in [-0.1, -0.05) is 49.4 Å². The van der Waals surface area contributed by atoms with E-state index in [1.54, 1.807) is 0 Å². The van der Waals surface area contributed by atoms with Gasteiger partial charge in [0.2, 0.25) is 5.95 Å². The highest BCUT2D eigenvalue weighted by Gasteiger charge is 2.06. The molecule has 0 amide bonds. The Labute approximate surface area is 112 Å². The Morgan fingerprint density at radius 1 is 1.26 bits per heavy atom. The van der Waals surface area contributed by atoms with Crippen LogP contribution in [0.5, 0.6) is 0 Å². The van der Waals surface area contributed by atoms with Crippen molar-refractivity contribution in [2.45, 2.75) is 19.9 Å². The standard InChI is InChI=1S/C15H17N3O/c1-2-3-7-10-18-14(19)11-13(17-15(18)16)12-8-5-4-6-9-12/h3-9,11H,2,10H2,1H3,(H2,16,17). The predicted octanol–water partition coefficient (Wildman–Crippen LogP) is 2.46. The van der Waals surface area contributed by atoms with Gasteiger partial charge in [0.15, 0.2) is 0 Å². The number of allylic oxidation sites excluding steroid dienone is 2. The van der Waals surface area contributed by atoms with Gasteiger partial charge >= 0.3 is 0 Å². The fraction of sp³-hybridized carbons (Fsp3) is 0.200. The third-order valence-electron chi connectivity index (χ3n) is 2.80. The van der Waals surface area contributed by atoms with Crippen molar-refractivity contribution in [2.75, 3.05) is 5.73 Å². The number of nitrogen functional groups attached to an aromatic ring is 1. The van der Waals surface area contributed by atoms with Crippen molar-refractivity contribution in [3.05, 3.63) is 58.9 Å². The van der Waals surface area contributed by atoms with Crippen LogP contribution in [0, 0.1) is 0 Å². The number of aromatic nitrogens is 2. The number of hydrogen-bond acceptors (Lipinski definition) is 3. The van der Waals surface area contributed by atoms with E-state index in [4.69, 9.17) is 5.73 Å². The minimum Gasteiger partial charge on any atom is -0.369 e.